The van der Waals surface area contributed by atoms with Crippen LogP contribution in [0.2, 0.25) is 0 Å². The predicted molar refractivity (Wildman–Crippen MR) is 72.0 cm³/mol. The number of benzene rings is 1. The highest BCUT2D eigenvalue weighted by molar-refractivity contribution is 5.82. The number of carbonyl (C=O) groups is 1. The molecule has 0 fully saturated rings. The zero-order chi connectivity index (χ0) is 13.4. The molecule has 18 heavy (non-hydrogen) atoms. The van der Waals surface area contributed by atoms with Crippen LogP contribution >= 0.6 is 0 Å². The second-order valence-electron chi connectivity index (χ2n) is 4.65. The molecule has 0 heterocycles. The van der Waals surface area contributed by atoms with E-state index in [2.05, 4.69) is 19.2 Å². The van der Waals surface area contributed by atoms with E-state index < -0.39 is 6.04 Å². The average molecular weight is 250 g/mol. The van der Waals surface area contributed by atoms with Crippen LogP contribution in [0, 0.1) is 5.92 Å². The van der Waals surface area contributed by atoms with Gasteiger partial charge in [-0.05, 0) is 11.5 Å². The van der Waals surface area contributed by atoms with E-state index in [0.29, 0.717) is 25.7 Å². The molecule has 0 spiro atoms. The number of hydrogen-bond donors (Lipinski definition) is 2. The number of nitrogens with two attached hydrogens (primary N) is 1. The highest BCUT2D eigenvalue weighted by Gasteiger charge is 2.14. The van der Waals surface area contributed by atoms with Gasteiger partial charge in [0.2, 0.25) is 5.91 Å². The minimum atomic E-state index is -0.615. The monoisotopic (exact) mass is 250 g/mol. The Hall–Kier alpha value is -1.39. The average Bonchev–Trinajstić information content (AvgIpc) is 2.38. The summed E-state index contributed by atoms with van der Waals surface area (Å²) in [6.45, 7) is 5.89. The van der Waals surface area contributed by atoms with Gasteiger partial charge in [0.05, 0.1) is 6.61 Å². The first-order chi connectivity index (χ1) is 8.61. The van der Waals surface area contributed by atoms with Crippen molar-refractivity contribution in [3.05, 3.63) is 35.9 Å². The van der Waals surface area contributed by atoms with E-state index in [1.165, 1.54) is 0 Å². The Kier molecular flexibility index (Phi) is 6.39. The molecule has 4 nitrogen and oxygen atoms in total. The third kappa shape index (κ3) is 5.29. The smallest absolute Gasteiger partial charge is 0.241 e. The second-order valence-corrected chi connectivity index (χ2v) is 4.65. The first kappa shape index (κ1) is 14.7. The lowest BCUT2D eigenvalue weighted by Crippen LogP contribution is -2.36. The van der Waals surface area contributed by atoms with Crippen molar-refractivity contribution in [3.63, 3.8) is 0 Å². The topological polar surface area (TPSA) is 64.3 Å². The summed E-state index contributed by atoms with van der Waals surface area (Å²) in [6, 6.07) is 8.71. The van der Waals surface area contributed by atoms with Crippen molar-refractivity contribution >= 4 is 5.91 Å². The van der Waals surface area contributed by atoms with Crippen molar-refractivity contribution in [2.75, 3.05) is 19.8 Å². The van der Waals surface area contributed by atoms with Gasteiger partial charge in [0.15, 0.2) is 0 Å². The number of rotatable bonds is 7. The number of hydrogen-bond acceptors (Lipinski definition) is 3. The zero-order valence-corrected chi connectivity index (χ0v) is 11.1. The van der Waals surface area contributed by atoms with Gasteiger partial charge < -0.3 is 15.8 Å². The normalized spacial score (nSPS) is 12.4. The maximum absolute atomic E-state index is 11.7. The lowest BCUT2D eigenvalue weighted by molar-refractivity contribution is -0.122. The summed E-state index contributed by atoms with van der Waals surface area (Å²) < 4.78 is 5.38. The molecule has 1 aromatic rings. The fourth-order valence-corrected chi connectivity index (χ4v) is 1.49. The molecule has 3 N–H and O–H groups in total. The molecular formula is C14H22N2O2. The van der Waals surface area contributed by atoms with E-state index >= 15 is 0 Å². The van der Waals surface area contributed by atoms with Crippen molar-refractivity contribution < 1.29 is 9.53 Å². The van der Waals surface area contributed by atoms with Crippen LogP contribution in [-0.4, -0.2) is 25.7 Å². The van der Waals surface area contributed by atoms with E-state index in [1.54, 1.807) is 0 Å². The molecule has 1 aromatic carbocycles. The van der Waals surface area contributed by atoms with E-state index in [-0.39, 0.29) is 5.91 Å². The summed E-state index contributed by atoms with van der Waals surface area (Å²) >= 11 is 0. The SMILES string of the molecule is CC(C)COCCNC(=O)[C@@H](N)c1ccccc1. The zero-order valence-electron chi connectivity index (χ0n) is 11.1. The van der Waals surface area contributed by atoms with Crippen molar-refractivity contribution in [1.29, 1.82) is 0 Å². The number of nitrogens with one attached hydrogen (secondary N) is 1. The molecule has 0 unspecified atom stereocenters. The van der Waals surface area contributed by atoms with Crippen molar-refractivity contribution in [3.8, 4) is 0 Å². The van der Waals surface area contributed by atoms with Gasteiger partial charge in [-0.3, -0.25) is 4.79 Å². The highest BCUT2D eigenvalue weighted by atomic mass is 16.5. The van der Waals surface area contributed by atoms with E-state index in [1.807, 2.05) is 30.3 Å². The third-order valence-corrected chi connectivity index (χ3v) is 2.44. The molecule has 0 saturated carbocycles. The fourth-order valence-electron chi connectivity index (χ4n) is 1.49. The molecule has 0 radical (unpaired) electrons. The van der Waals surface area contributed by atoms with Crippen LogP contribution in [-0.2, 0) is 9.53 Å². The maximum atomic E-state index is 11.7. The Labute approximate surface area is 109 Å². The van der Waals surface area contributed by atoms with E-state index in [9.17, 15) is 4.79 Å². The Balaban J connectivity index is 2.25. The fraction of sp³-hybridized carbons (Fsp3) is 0.500. The summed E-state index contributed by atoms with van der Waals surface area (Å²) in [5, 5.41) is 2.77. The first-order valence-electron chi connectivity index (χ1n) is 6.27. The van der Waals surface area contributed by atoms with Gasteiger partial charge in [0.1, 0.15) is 6.04 Å². The lowest BCUT2D eigenvalue weighted by Gasteiger charge is -2.13. The van der Waals surface area contributed by atoms with Crippen LogP contribution in [0.4, 0.5) is 0 Å². The Morgan fingerprint density at radius 3 is 2.61 bits per heavy atom. The Bertz CT molecular complexity index is 352. The molecule has 0 aliphatic carbocycles. The molecule has 0 aliphatic rings. The molecular weight excluding hydrogens is 228 g/mol. The van der Waals surface area contributed by atoms with Crippen LogP contribution in [0.15, 0.2) is 30.3 Å². The van der Waals surface area contributed by atoms with Gasteiger partial charge in [-0.2, -0.15) is 0 Å². The molecule has 0 saturated heterocycles. The number of amides is 1. The minimum Gasteiger partial charge on any atom is -0.379 e. The molecule has 1 rings (SSSR count). The van der Waals surface area contributed by atoms with Crippen LogP contribution < -0.4 is 11.1 Å². The minimum absolute atomic E-state index is 0.172. The van der Waals surface area contributed by atoms with Crippen molar-refractivity contribution in [2.45, 2.75) is 19.9 Å². The standard InChI is InChI=1S/C14H22N2O2/c1-11(2)10-18-9-8-16-14(17)13(15)12-6-4-3-5-7-12/h3-7,11,13H,8-10,15H2,1-2H3,(H,16,17)/t13-/m0/s1. The molecule has 0 bridgehead atoms. The Morgan fingerprint density at radius 1 is 1.33 bits per heavy atom. The van der Waals surface area contributed by atoms with Crippen LogP contribution in [0.3, 0.4) is 0 Å². The quantitative estimate of drug-likeness (QED) is 0.720. The summed E-state index contributed by atoms with van der Waals surface area (Å²) in [5.74, 6) is 0.335. The first-order valence-corrected chi connectivity index (χ1v) is 6.27. The number of ether oxygens (including phenoxy) is 1. The second kappa shape index (κ2) is 7.84. The molecule has 1 atom stereocenters. The van der Waals surface area contributed by atoms with Gasteiger partial charge in [-0.25, -0.2) is 0 Å². The van der Waals surface area contributed by atoms with Crippen LogP contribution in [0.5, 0.6) is 0 Å². The van der Waals surface area contributed by atoms with Crippen LogP contribution in [0.25, 0.3) is 0 Å². The Morgan fingerprint density at radius 2 is 2.00 bits per heavy atom. The highest BCUT2D eigenvalue weighted by Crippen LogP contribution is 2.08. The third-order valence-electron chi connectivity index (χ3n) is 2.44. The molecule has 0 aromatic heterocycles. The van der Waals surface area contributed by atoms with Crippen LogP contribution in [0.1, 0.15) is 25.5 Å². The van der Waals surface area contributed by atoms with Crippen molar-refractivity contribution in [1.82, 2.24) is 5.32 Å². The lowest BCUT2D eigenvalue weighted by atomic mass is 10.1. The summed E-state index contributed by atoms with van der Waals surface area (Å²) in [7, 11) is 0. The molecule has 0 aliphatic heterocycles. The van der Waals surface area contributed by atoms with Gasteiger partial charge in [0, 0.05) is 13.2 Å². The van der Waals surface area contributed by atoms with Gasteiger partial charge >= 0.3 is 0 Å². The largest absolute Gasteiger partial charge is 0.379 e. The molecule has 4 heteroatoms. The van der Waals surface area contributed by atoms with Gasteiger partial charge in [-0.15, -0.1) is 0 Å². The summed E-state index contributed by atoms with van der Waals surface area (Å²) in [6.07, 6.45) is 0. The van der Waals surface area contributed by atoms with Gasteiger partial charge in [-0.1, -0.05) is 44.2 Å². The van der Waals surface area contributed by atoms with Crippen molar-refractivity contribution in [2.24, 2.45) is 11.7 Å². The summed E-state index contributed by atoms with van der Waals surface area (Å²) in [5.41, 5.74) is 6.67. The van der Waals surface area contributed by atoms with E-state index in [4.69, 9.17) is 10.5 Å². The van der Waals surface area contributed by atoms with Gasteiger partial charge in [0.25, 0.3) is 0 Å². The maximum Gasteiger partial charge on any atom is 0.241 e. The predicted octanol–water partition coefficient (Wildman–Crippen LogP) is 1.48. The molecule has 100 valence electrons. The number of carbonyl (C=O) groups excluding carboxylic acids is 1. The molecule has 1 amide bonds. The summed E-state index contributed by atoms with van der Waals surface area (Å²) in [4.78, 5) is 11.7. The van der Waals surface area contributed by atoms with E-state index in [0.717, 1.165) is 5.56 Å².